The third kappa shape index (κ3) is 5.60. The highest BCUT2D eigenvalue weighted by atomic mass is 35.5. The Labute approximate surface area is 241 Å². The number of imide groups is 1. The smallest absolute Gasteiger partial charge is 0.255 e. The molecule has 1 unspecified atom stereocenters. The fraction of sp³-hybridized carbons (Fsp3) is 0.469. The lowest BCUT2D eigenvalue weighted by Crippen LogP contribution is -2.52. The Morgan fingerprint density at radius 1 is 0.975 bits per heavy atom. The molecule has 0 bridgehead atoms. The maximum Gasteiger partial charge on any atom is 0.255 e. The van der Waals surface area contributed by atoms with Crippen LogP contribution in [0.5, 0.6) is 0 Å². The molecule has 2 fully saturated rings. The number of hydrogen-bond acceptors (Lipinski definition) is 5. The van der Waals surface area contributed by atoms with Gasteiger partial charge in [-0.3, -0.25) is 29.5 Å². The third-order valence-corrected chi connectivity index (χ3v) is 9.17. The molecule has 2 aromatic rings. The summed E-state index contributed by atoms with van der Waals surface area (Å²) in [5.41, 5.74) is 7.44. The molecule has 1 atom stereocenters. The molecule has 0 saturated carbocycles. The van der Waals surface area contributed by atoms with Crippen LogP contribution >= 0.6 is 11.6 Å². The number of piperidine rings is 1. The van der Waals surface area contributed by atoms with Crippen molar-refractivity contribution in [2.45, 2.75) is 65.1 Å². The lowest BCUT2D eigenvalue weighted by atomic mass is 9.72. The maximum atomic E-state index is 13.0. The van der Waals surface area contributed by atoms with Crippen LogP contribution in [0, 0.1) is 5.41 Å². The standard InChI is InChI=1S/C32H37ClN4O3/c1-32(2)12-11-23(27(16-32)22-4-6-25(33)7-5-22)18-36-14-13-35(20-36)17-21-3-8-26-24(15-21)19-37(31(26)40)28-9-10-29(38)34-30(28)39/h3-8,15,28H,9-14,16-20H2,1-2H3,(H,34,38,39). The van der Waals surface area contributed by atoms with E-state index in [4.69, 9.17) is 11.6 Å². The molecule has 2 saturated heterocycles. The van der Waals surface area contributed by atoms with Gasteiger partial charge in [-0.05, 0) is 71.6 Å². The highest BCUT2D eigenvalue weighted by Gasteiger charge is 2.39. The Morgan fingerprint density at radius 2 is 1.73 bits per heavy atom. The molecule has 8 heteroatoms. The maximum absolute atomic E-state index is 13.0. The molecular weight excluding hydrogens is 524 g/mol. The van der Waals surface area contributed by atoms with Crippen LogP contribution in [0.25, 0.3) is 5.57 Å². The first kappa shape index (κ1) is 27.2. The van der Waals surface area contributed by atoms with Crippen molar-refractivity contribution in [1.29, 1.82) is 0 Å². The van der Waals surface area contributed by atoms with E-state index >= 15 is 0 Å². The predicted octanol–water partition coefficient (Wildman–Crippen LogP) is 4.84. The van der Waals surface area contributed by atoms with Crippen LogP contribution in [0.15, 0.2) is 48.0 Å². The molecule has 3 amide bonds. The SMILES string of the molecule is CC1(C)CCC(CN2CCN(Cc3ccc4c(c3)CN(C3CCC(=O)NC3=O)C4=O)C2)=C(c2ccc(Cl)cc2)C1. The molecule has 1 N–H and O–H groups in total. The van der Waals surface area contributed by atoms with Gasteiger partial charge in [0, 0.05) is 49.7 Å². The number of fused-ring (bicyclic) bond motifs is 1. The van der Waals surface area contributed by atoms with Crippen molar-refractivity contribution in [3.63, 3.8) is 0 Å². The molecule has 6 rings (SSSR count). The first-order valence-corrected chi connectivity index (χ1v) is 14.7. The number of nitrogens with zero attached hydrogens (tertiary/aromatic N) is 3. The van der Waals surface area contributed by atoms with E-state index in [9.17, 15) is 14.4 Å². The number of carbonyl (C=O) groups is 3. The number of carbonyl (C=O) groups excluding carboxylic acids is 3. The van der Waals surface area contributed by atoms with E-state index in [1.807, 2.05) is 24.3 Å². The number of rotatable bonds is 6. The van der Waals surface area contributed by atoms with Crippen LogP contribution in [0.4, 0.5) is 0 Å². The second-order valence-corrected chi connectivity index (χ2v) is 13.0. The molecule has 210 valence electrons. The first-order chi connectivity index (χ1) is 19.1. The largest absolute Gasteiger partial charge is 0.322 e. The topological polar surface area (TPSA) is 73.0 Å². The van der Waals surface area contributed by atoms with Crippen molar-refractivity contribution in [2.75, 3.05) is 26.3 Å². The summed E-state index contributed by atoms with van der Waals surface area (Å²) >= 11 is 6.18. The van der Waals surface area contributed by atoms with Crippen molar-refractivity contribution >= 4 is 34.9 Å². The summed E-state index contributed by atoms with van der Waals surface area (Å²) < 4.78 is 0. The van der Waals surface area contributed by atoms with Gasteiger partial charge in [-0.2, -0.15) is 0 Å². The van der Waals surface area contributed by atoms with Crippen LogP contribution < -0.4 is 5.32 Å². The van der Waals surface area contributed by atoms with Gasteiger partial charge < -0.3 is 4.90 Å². The van der Waals surface area contributed by atoms with Gasteiger partial charge in [-0.15, -0.1) is 0 Å². The predicted molar refractivity (Wildman–Crippen MR) is 155 cm³/mol. The quantitative estimate of drug-likeness (QED) is 0.512. The molecule has 0 aromatic heterocycles. The van der Waals surface area contributed by atoms with Crippen LogP contribution in [0.1, 0.15) is 73.0 Å². The van der Waals surface area contributed by atoms with Crippen molar-refractivity contribution in [2.24, 2.45) is 5.41 Å². The van der Waals surface area contributed by atoms with E-state index in [1.54, 1.807) is 10.5 Å². The Bertz CT molecular complexity index is 1380. The summed E-state index contributed by atoms with van der Waals surface area (Å²) in [6.45, 7) is 9.92. The Balaban J connectivity index is 1.10. The first-order valence-electron chi connectivity index (χ1n) is 14.3. The fourth-order valence-electron chi connectivity index (χ4n) is 6.68. The van der Waals surface area contributed by atoms with Gasteiger partial charge in [-0.25, -0.2) is 0 Å². The zero-order chi connectivity index (χ0) is 28.0. The summed E-state index contributed by atoms with van der Waals surface area (Å²) in [5, 5.41) is 3.15. The van der Waals surface area contributed by atoms with Crippen LogP contribution in [-0.2, 0) is 22.7 Å². The lowest BCUT2D eigenvalue weighted by molar-refractivity contribution is -0.136. The summed E-state index contributed by atoms with van der Waals surface area (Å²) in [6, 6.07) is 13.8. The minimum absolute atomic E-state index is 0.121. The van der Waals surface area contributed by atoms with Crippen molar-refractivity contribution in [3.8, 4) is 0 Å². The van der Waals surface area contributed by atoms with Crippen molar-refractivity contribution < 1.29 is 14.4 Å². The molecule has 7 nitrogen and oxygen atoms in total. The molecule has 0 radical (unpaired) electrons. The average molecular weight is 561 g/mol. The minimum atomic E-state index is -0.578. The Kier molecular flexibility index (Phi) is 7.32. The normalized spacial score (nSPS) is 23.6. The number of nitrogens with one attached hydrogen (secondary N) is 1. The molecule has 3 aliphatic heterocycles. The fourth-order valence-corrected chi connectivity index (χ4v) is 6.81. The number of benzene rings is 2. The zero-order valence-electron chi connectivity index (χ0n) is 23.3. The van der Waals surface area contributed by atoms with Crippen LogP contribution in [-0.4, -0.2) is 64.8 Å². The van der Waals surface area contributed by atoms with E-state index in [0.29, 0.717) is 23.9 Å². The second-order valence-electron chi connectivity index (χ2n) is 12.6. The van der Waals surface area contributed by atoms with Gasteiger partial charge in [0.1, 0.15) is 6.04 Å². The van der Waals surface area contributed by atoms with Crippen molar-refractivity contribution in [1.82, 2.24) is 20.0 Å². The van der Waals surface area contributed by atoms with E-state index < -0.39 is 6.04 Å². The Hall–Kier alpha value is -3.00. The van der Waals surface area contributed by atoms with Crippen LogP contribution in [0.2, 0.25) is 5.02 Å². The number of allylic oxidation sites excluding steroid dienone is 1. The zero-order valence-corrected chi connectivity index (χ0v) is 24.1. The lowest BCUT2D eigenvalue weighted by Gasteiger charge is -2.35. The highest BCUT2D eigenvalue weighted by Crippen LogP contribution is 2.43. The molecular formula is C32H37ClN4O3. The van der Waals surface area contributed by atoms with Crippen molar-refractivity contribution in [3.05, 3.63) is 75.3 Å². The molecule has 40 heavy (non-hydrogen) atoms. The van der Waals surface area contributed by atoms with E-state index in [2.05, 4.69) is 47.2 Å². The summed E-state index contributed by atoms with van der Waals surface area (Å²) in [6.07, 6.45) is 4.08. The monoisotopic (exact) mass is 560 g/mol. The summed E-state index contributed by atoms with van der Waals surface area (Å²) in [7, 11) is 0. The number of halogens is 1. The van der Waals surface area contributed by atoms with E-state index in [1.165, 1.54) is 23.1 Å². The van der Waals surface area contributed by atoms with E-state index in [0.717, 1.165) is 56.3 Å². The number of hydrogen-bond donors (Lipinski definition) is 1. The summed E-state index contributed by atoms with van der Waals surface area (Å²) in [5.74, 6) is -0.758. The third-order valence-electron chi connectivity index (χ3n) is 8.92. The molecule has 4 aliphatic rings. The van der Waals surface area contributed by atoms with Gasteiger partial charge in [0.25, 0.3) is 5.91 Å². The summed E-state index contributed by atoms with van der Waals surface area (Å²) in [4.78, 5) is 43.6. The molecule has 2 aromatic carbocycles. The Morgan fingerprint density at radius 3 is 2.48 bits per heavy atom. The van der Waals surface area contributed by atoms with Gasteiger partial charge in [0.15, 0.2) is 0 Å². The highest BCUT2D eigenvalue weighted by molar-refractivity contribution is 6.30. The second kappa shape index (κ2) is 10.8. The van der Waals surface area contributed by atoms with E-state index in [-0.39, 0.29) is 24.1 Å². The molecule has 0 spiro atoms. The van der Waals surface area contributed by atoms with Gasteiger partial charge in [0.05, 0.1) is 6.67 Å². The molecule has 3 heterocycles. The minimum Gasteiger partial charge on any atom is -0.322 e. The average Bonchev–Trinajstić information content (AvgIpc) is 3.49. The number of amides is 3. The molecule has 1 aliphatic carbocycles. The van der Waals surface area contributed by atoms with Gasteiger partial charge in [-0.1, -0.05) is 55.3 Å². The van der Waals surface area contributed by atoms with Gasteiger partial charge in [0.2, 0.25) is 11.8 Å². The van der Waals surface area contributed by atoms with Gasteiger partial charge >= 0.3 is 0 Å². The van der Waals surface area contributed by atoms with Crippen LogP contribution in [0.3, 0.4) is 0 Å².